The fourth-order valence-electron chi connectivity index (χ4n) is 2.45. The first-order chi connectivity index (χ1) is 10.1. The third-order valence-corrected chi connectivity index (χ3v) is 3.71. The number of hydrogen-bond acceptors (Lipinski definition) is 3. The van der Waals surface area contributed by atoms with Crippen molar-refractivity contribution in [2.75, 3.05) is 13.1 Å². The summed E-state index contributed by atoms with van der Waals surface area (Å²) < 4.78 is 0. The van der Waals surface area contributed by atoms with Crippen LogP contribution in [-0.4, -0.2) is 47.1 Å². The molecule has 1 unspecified atom stereocenters. The summed E-state index contributed by atoms with van der Waals surface area (Å²) in [6.07, 6.45) is 1.27. The van der Waals surface area contributed by atoms with Crippen LogP contribution in [0, 0.1) is 0 Å². The number of aliphatic hydroxyl groups is 1. The van der Waals surface area contributed by atoms with Crippen LogP contribution in [0.1, 0.15) is 36.5 Å². The third kappa shape index (κ3) is 4.56. The Hall–Kier alpha value is -1.88. The molecule has 1 fully saturated rings. The molecule has 0 radical (unpaired) electrons. The van der Waals surface area contributed by atoms with Crippen LogP contribution in [0.5, 0.6) is 0 Å². The highest BCUT2D eigenvalue weighted by molar-refractivity contribution is 5.94. The van der Waals surface area contributed by atoms with Crippen molar-refractivity contribution in [1.82, 2.24) is 10.2 Å². The Balaban J connectivity index is 1.80. The van der Waals surface area contributed by atoms with E-state index in [0.29, 0.717) is 31.5 Å². The first-order valence-electron chi connectivity index (χ1n) is 7.38. The summed E-state index contributed by atoms with van der Waals surface area (Å²) in [6.45, 7) is 3.02. The number of rotatable bonds is 4. The standard InChI is InChI=1S/C16H22N2O3/c1-12(17-16(21)13-5-3-2-4-6-13)11-15(20)18-9-7-14(19)8-10-18/h2-6,12,14,19H,7-11H2,1H3,(H,17,21). The van der Waals surface area contributed by atoms with Crippen molar-refractivity contribution in [3.05, 3.63) is 35.9 Å². The van der Waals surface area contributed by atoms with Crippen molar-refractivity contribution in [3.63, 3.8) is 0 Å². The Kier molecular flexibility index (Phi) is 5.33. The molecule has 1 saturated heterocycles. The van der Waals surface area contributed by atoms with Crippen molar-refractivity contribution in [1.29, 1.82) is 0 Å². The monoisotopic (exact) mass is 290 g/mol. The number of benzene rings is 1. The van der Waals surface area contributed by atoms with Gasteiger partial charge in [0, 0.05) is 31.1 Å². The molecule has 2 amide bonds. The maximum Gasteiger partial charge on any atom is 0.251 e. The highest BCUT2D eigenvalue weighted by Crippen LogP contribution is 2.12. The molecule has 1 aliphatic heterocycles. The lowest BCUT2D eigenvalue weighted by Crippen LogP contribution is -2.43. The zero-order chi connectivity index (χ0) is 15.2. The van der Waals surface area contributed by atoms with Crippen LogP contribution in [0.4, 0.5) is 0 Å². The minimum atomic E-state index is -0.288. The lowest BCUT2D eigenvalue weighted by atomic mass is 10.1. The number of likely N-dealkylation sites (tertiary alicyclic amines) is 1. The van der Waals surface area contributed by atoms with Crippen LogP contribution in [0.15, 0.2) is 30.3 Å². The molecule has 114 valence electrons. The molecule has 0 bridgehead atoms. The van der Waals surface area contributed by atoms with E-state index in [9.17, 15) is 14.7 Å². The lowest BCUT2D eigenvalue weighted by Gasteiger charge is -2.30. The number of carbonyl (C=O) groups is 2. The number of amides is 2. The first kappa shape index (κ1) is 15.5. The van der Waals surface area contributed by atoms with Crippen LogP contribution in [0.2, 0.25) is 0 Å². The van der Waals surface area contributed by atoms with Gasteiger partial charge in [0.25, 0.3) is 5.91 Å². The molecular weight excluding hydrogens is 268 g/mol. The smallest absolute Gasteiger partial charge is 0.251 e. The van der Waals surface area contributed by atoms with E-state index in [0.717, 1.165) is 0 Å². The highest BCUT2D eigenvalue weighted by atomic mass is 16.3. The Labute approximate surface area is 125 Å². The minimum absolute atomic E-state index is 0.0303. The van der Waals surface area contributed by atoms with Gasteiger partial charge in [0.1, 0.15) is 0 Å². The quantitative estimate of drug-likeness (QED) is 0.875. The number of carbonyl (C=O) groups excluding carboxylic acids is 2. The number of piperidine rings is 1. The lowest BCUT2D eigenvalue weighted by molar-refractivity contribution is -0.133. The predicted molar refractivity (Wildman–Crippen MR) is 79.8 cm³/mol. The molecule has 1 heterocycles. The highest BCUT2D eigenvalue weighted by Gasteiger charge is 2.23. The van der Waals surface area contributed by atoms with Crippen molar-refractivity contribution < 1.29 is 14.7 Å². The normalized spacial score (nSPS) is 17.3. The molecule has 0 saturated carbocycles. The Morgan fingerprint density at radius 2 is 1.90 bits per heavy atom. The van der Waals surface area contributed by atoms with E-state index in [1.165, 1.54) is 0 Å². The van der Waals surface area contributed by atoms with Gasteiger partial charge in [0.05, 0.1) is 6.10 Å². The Morgan fingerprint density at radius 1 is 1.29 bits per heavy atom. The average Bonchev–Trinajstić information content (AvgIpc) is 2.48. The first-order valence-corrected chi connectivity index (χ1v) is 7.38. The van der Waals surface area contributed by atoms with E-state index in [4.69, 9.17) is 0 Å². The average molecular weight is 290 g/mol. The summed E-state index contributed by atoms with van der Waals surface area (Å²) >= 11 is 0. The fraction of sp³-hybridized carbons (Fsp3) is 0.500. The molecular formula is C16H22N2O3. The molecule has 0 aromatic heterocycles. The molecule has 0 spiro atoms. The SMILES string of the molecule is CC(CC(=O)N1CCC(O)CC1)NC(=O)c1ccccc1. The van der Waals surface area contributed by atoms with Crippen molar-refractivity contribution in [2.24, 2.45) is 0 Å². The number of hydrogen-bond donors (Lipinski definition) is 2. The largest absolute Gasteiger partial charge is 0.393 e. The minimum Gasteiger partial charge on any atom is -0.393 e. The van der Waals surface area contributed by atoms with E-state index < -0.39 is 0 Å². The second-order valence-electron chi connectivity index (χ2n) is 5.56. The third-order valence-electron chi connectivity index (χ3n) is 3.71. The van der Waals surface area contributed by atoms with Crippen LogP contribution < -0.4 is 5.32 Å². The Bertz CT molecular complexity index is 482. The molecule has 1 aromatic rings. The van der Waals surface area contributed by atoms with E-state index in [1.54, 1.807) is 17.0 Å². The van der Waals surface area contributed by atoms with Crippen molar-refractivity contribution in [2.45, 2.75) is 38.3 Å². The number of nitrogens with one attached hydrogen (secondary N) is 1. The van der Waals surface area contributed by atoms with Crippen LogP contribution in [0.25, 0.3) is 0 Å². The summed E-state index contributed by atoms with van der Waals surface area (Å²) in [4.78, 5) is 25.9. The van der Waals surface area contributed by atoms with Gasteiger partial charge in [-0.2, -0.15) is 0 Å². The zero-order valence-electron chi connectivity index (χ0n) is 12.3. The van der Waals surface area contributed by atoms with Crippen molar-refractivity contribution >= 4 is 11.8 Å². The topological polar surface area (TPSA) is 69.6 Å². The van der Waals surface area contributed by atoms with Crippen LogP contribution in [0.3, 0.4) is 0 Å². The van der Waals surface area contributed by atoms with Crippen LogP contribution >= 0.6 is 0 Å². The zero-order valence-corrected chi connectivity index (χ0v) is 12.3. The molecule has 1 aromatic carbocycles. The summed E-state index contributed by atoms with van der Waals surface area (Å²) in [5.74, 6) is -0.132. The summed E-state index contributed by atoms with van der Waals surface area (Å²) in [6, 6.07) is 8.76. The maximum atomic E-state index is 12.1. The molecule has 1 atom stereocenters. The molecule has 5 nitrogen and oxygen atoms in total. The van der Waals surface area contributed by atoms with Gasteiger partial charge < -0.3 is 15.3 Å². The maximum absolute atomic E-state index is 12.1. The molecule has 5 heteroatoms. The van der Waals surface area contributed by atoms with E-state index >= 15 is 0 Å². The van der Waals surface area contributed by atoms with Gasteiger partial charge in [-0.05, 0) is 31.9 Å². The van der Waals surface area contributed by atoms with Gasteiger partial charge in [0.2, 0.25) is 5.91 Å². The summed E-state index contributed by atoms with van der Waals surface area (Å²) in [7, 11) is 0. The number of nitrogens with zero attached hydrogens (tertiary/aromatic N) is 1. The van der Waals surface area contributed by atoms with E-state index in [-0.39, 0.29) is 30.4 Å². The molecule has 2 rings (SSSR count). The molecule has 2 N–H and O–H groups in total. The predicted octanol–water partition coefficient (Wildman–Crippen LogP) is 1.18. The van der Waals surface area contributed by atoms with Gasteiger partial charge in [0.15, 0.2) is 0 Å². The van der Waals surface area contributed by atoms with Gasteiger partial charge >= 0.3 is 0 Å². The Morgan fingerprint density at radius 3 is 2.52 bits per heavy atom. The molecule has 1 aliphatic rings. The van der Waals surface area contributed by atoms with E-state index in [1.807, 2.05) is 25.1 Å². The fourth-order valence-corrected chi connectivity index (χ4v) is 2.45. The molecule has 21 heavy (non-hydrogen) atoms. The van der Waals surface area contributed by atoms with Gasteiger partial charge in [-0.3, -0.25) is 9.59 Å². The summed E-state index contributed by atoms with van der Waals surface area (Å²) in [5.41, 5.74) is 0.595. The van der Waals surface area contributed by atoms with Gasteiger partial charge in [-0.15, -0.1) is 0 Å². The van der Waals surface area contributed by atoms with Crippen LogP contribution in [-0.2, 0) is 4.79 Å². The molecule has 0 aliphatic carbocycles. The second kappa shape index (κ2) is 7.22. The van der Waals surface area contributed by atoms with Gasteiger partial charge in [-0.25, -0.2) is 0 Å². The van der Waals surface area contributed by atoms with E-state index in [2.05, 4.69) is 5.32 Å². The number of aliphatic hydroxyl groups excluding tert-OH is 1. The van der Waals surface area contributed by atoms with Crippen molar-refractivity contribution in [3.8, 4) is 0 Å². The second-order valence-corrected chi connectivity index (χ2v) is 5.56. The summed E-state index contributed by atoms with van der Waals surface area (Å²) in [5, 5.41) is 12.3. The van der Waals surface area contributed by atoms with Gasteiger partial charge in [-0.1, -0.05) is 18.2 Å².